The summed E-state index contributed by atoms with van der Waals surface area (Å²) in [6.07, 6.45) is 2.14. The van der Waals surface area contributed by atoms with E-state index in [0.717, 1.165) is 0 Å². The molecule has 3 N–H and O–H groups in total. The van der Waals surface area contributed by atoms with Gasteiger partial charge in [0.05, 0.1) is 11.7 Å². The maximum atomic E-state index is 12.9. The van der Waals surface area contributed by atoms with Crippen LogP contribution in [0.5, 0.6) is 5.75 Å². The highest BCUT2D eigenvalue weighted by molar-refractivity contribution is 8.20. The van der Waals surface area contributed by atoms with Crippen LogP contribution in [0, 0.1) is 0 Å². The molecule has 2 aliphatic heterocycles. The van der Waals surface area contributed by atoms with E-state index in [4.69, 9.17) is 0 Å². The number of urea groups is 1. The lowest BCUT2D eigenvalue weighted by Crippen LogP contribution is -2.48. The zero-order chi connectivity index (χ0) is 21.5. The normalized spacial score (nSPS) is 18.0. The largest absolute Gasteiger partial charge is 0.505 e. The van der Waals surface area contributed by atoms with Gasteiger partial charge in [-0.05, 0) is 18.6 Å². The maximum absolute atomic E-state index is 12.9. The Morgan fingerprint density at radius 1 is 1.30 bits per heavy atom. The Morgan fingerprint density at radius 3 is 2.80 bits per heavy atom. The molecule has 1 fully saturated rings. The van der Waals surface area contributed by atoms with Crippen LogP contribution < -0.4 is 20.4 Å². The second kappa shape index (κ2) is 7.55. The van der Waals surface area contributed by atoms with Crippen LogP contribution in [-0.2, 0) is 0 Å². The highest BCUT2D eigenvalue weighted by atomic mass is 32.3. The number of anilines is 3. The molecule has 1 atom stereocenters. The van der Waals surface area contributed by atoms with Crippen molar-refractivity contribution < 1.29 is 26.4 Å². The van der Waals surface area contributed by atoms with Gasteiger partial charge in [-0.25, -0.2) is 14.8 Å². The summed E-state index contributed by atoms with van der Waals surface area (Å²) in [5.41, 5.74) is -0.147. The molecule has 160 valence electrons. The van der Waals surface area contributed by atoms with Crippen molar-refractivity contribution >= 4 is 40.4 Å². The van der Waals surface area contributed by atoms with Gasteiger partial charge in [0.1, 0.15) is 17.4 Å². The second-order valence-electron chi connectivity index (χ2n) is 6.76. The number of hydrogen-bond acceptors (Lipinski definition) is 6. The third-order valence-corrected chi connectivity index (χ3v) is 5.26. The third kappa shape index (κ3) is 3.92. The fourth-order valence-corrected chi connectivity index (χ4v) is 3.80. The molecule has 2 aliphatic rings. The van der Waals surface area contributed by atoms with Crippen LogP contribution in [0.2, 0.25) is 0 Å². The van der Waals surface area contributed by atoms with Crippen LogP contribution in [0.4, 0.5) is 33.8 Å². The van der Waals surface area contributed by atoms with E-state index in [1.165, 1.54) is 17.2 Å². The molecule has 0 aromatic carbocycles. The molecule has 0 radical (unpaired) electrons. The monoisotopic (exact) mass is 442 g/mol. The van der Waals surface area contributed by atoms with E-state index in [-0.39, 0.29) is 11.9 Å². The smallest absolute Gasteiger partial charge is 0.329 e. The van der Waals surface area contributed by atoms with Crippen LogP contribution in [0.25, 0.3) is 0 Å². The molecule has 2 aromatic rings. The average molecular weight is 442 g/mol. The van der Waals surface area contributed by atoms with Gasteiger partial charge in [0.15, 0.2) is 11.5 Å². The number of carbonyl (C=O) groups is 2. The first-order chi connectivity index (χ1) is 14.2. The Balaban J connectivity index is 1.66. The van der Waals surface area contributed by atoms with E-state index in [0.29, 0.717) is 31.0 Å². The number of pyridine rings is 2. The van der Waals surface area contributed by atoms with Crippen molar-refractivity contribution in [2.24, 2.45) is 0 Å². The number of rotatable bonds is 4. The molecule has 3 amide bonds. The summed E-state index contributed by atoms with van der Waals surface area (Å²) in [6.45, 7) is 1.11. The summed E-state index contributed by atoms with van der Waals surface area (Å²) in [5, 5.41) is 14.6. The van der Waals surface area contributed by atoms with Crippen molar-refractivity contribution in [2.75, 3.05) is 34.1 Å². The molecule has 0 saturated carbocycles. The van der Waals surface area contributed by atoms with Gasteiger partial charge < -0.3 is 15.3 Å². The standard InChI is InChI=1S/C17H17F3N6O3S/c18-30(19,20)9-22-16(28)14-12(27)7-11-15(24-14)26(10-4-6-25(11)8-10)17(29)23-13-3-1-2-5-21-13/h1-3,5,7,10,27H,4,6,8-9H2,(H,22,28)(H,21,23,29). The quantitative estimate of drug-likeness (QED) is 0.672. The third-order valence-electron chi connectivity index (χ3n) is 4.79. The van der Waals surface area contributed by atoms with Crippen LogP contribution in [0.15, 0.2) is 30.5 Å². The summed E-state index contributed by atoms with van der Waals surface area (Å²) in [4.78, 5) is 36.5. The lowest BCUT2D eigenvalue weighted by molar-refractivity contribution is 0.0951. The van der Waals surface area contributed by atoms with E-state index in [2.05, 4.69) is 15.3 Å². The zero-order valence-corrected chi connectivity index (χ0v) is 16.2. The van der Waals surface area contributed by atoms with E-state index in [9.17, 15) is 26.4 Å². The van der Waals surface area contributed by atoms with E-state index >= 15 is 0 Å². The van der Waals surface area contributed by atoms with E-state index in [1.54, 1.807) is 23.5 Å². The minimum absolute atomic E-state index is 0.0967. The first-order valence-electron chi connectivity index (χ1n) is 8.91. The summed E-state index contributed by atoms with van der Waals surface area (Å²) in [6, 6.07) is 5.47. The molecule has 30 heavy (non-hydrogen) atoms. The van der Waals surface area contributed by atoms with Gasteiger partial charge in [-0.15, -0.1) is 11.7 Å². The Kier molecular flexibility index (Phi) is 5.05. The topological polar surface area (TPSA) is 111 Å². The number of halogens is 3. The van der Waals surface area contributed by atoms with Crippen molar-refractivity contribution in [1.29, 1.82) is 0 Å². The van der Waals surface area contributed by atoms with Crippen LogP contribution in [-0.4, -0.2) is 52.0 Å². The predicted octanol–water partition coefficient (Wildman–Crippen LogP) is 2.96. The minimum atomic E-state index is -5.45. The Labute approximate surface area is 171 Å². The van der Waals surface area contributed by atoms with Crippen molar-refractivity contribution in [3.63, 3.8) is 0 Å². The van der Waals surface area contributed by atoms with Gasteiger partial charge in [0, 0.05) is 25.4 Å². The summed E-state index contributed by atoms with van der Waals surface area (Å²) < 4.78 is 37.5. The first-order valence-corrected chi connectivity index (χ1v) is 10.4. The molecular weight excluding hydrogens is 425 g/mol. The van der Waals surface area contributed by atoms with Crippen LogP contribution in [0.3, 0.4) is 0 Å². The number of aromatic nitrogens is 2. The number of nitrogens with one attached hydrogen (secondary N) is 2. The van der Waals surface area contributed by atoms with Gasteiger partial charge in [-0.1, -0.05) is 6.07 Å². The predicted molar refractivity (Wildman–Crippen MR) is 106 cm³/mol. The second-order valence-corrected chi connectivity index (χ2v) is 8.05. The summed E-state index contributed by atoms with van der Waals surface area (Å²) in [5.74, 6) is -2.80. The fourth-order valence-electron chi connectivity index (χ4n) is 3.50. The molecule has 13 heteroatoms. The fraction of sp³-hybridized carbons (Fsp3) is 0.294. The molecule has 2 aromatic heterocycles. The lowest BCUT2D eigenvalue weighted by Gasteiger charge is -2.35. The molecule has 9 nitrogen and oxygen atoms in total. The highest BCUT2D eigenvalue weighted by Gasteiger charge is 2.41. The number of aromatic hydroxyl groups is 1. The molecule has 2 bridgehead atoms. The van der Waals surface area contributed by atoms with Crippen LogP contribution in [0.1, 0.15) is 16.9 Å². The Morgan fingerprint density at radius 2 is 2.10 bits per heavy atom. The van der Waals surface area contributed by atoms with Crippen molar-refractivity contribution in [3.8, 4) is 5.75 Å². The van der Waals surface area contributed by atoms with Gasteiger partial charge in [0.2, 0.25) is 11.2 Å². The summed E-state index contributed by atoms with van der Waals surface area (Å²) in [7, 11) is 0. The van der Waals surface area contributed by atoms with Crippen LogP contribution >= 0.6 is 11.2 Å². The molecule has 1 unspecified atom stereocenters. The number of carbonyl (C=O) groups excluding carboxylic acids is 2. The molecule has 0 aliphatic carbocycles. The number of fused-ring (bicyclic) bond motifs is 4. The lowest BCUT2D eigenvalue weighted by atomic mass is 10.1. The average Bonchev–Trinajstić information content (AvgIpc) is 3.11. The van der Waals surface area contributed by atoms with E-state index in [1.807, 2.05) is 4.90 Å². The molecule has 4 rings (SSSR count). The highest BCUT2D eigenvalue weighted by Crippen LogP contribution is 2.51. The molecule has 1 saturated heterocycles. The number of hydrogen-bond donors (Lipinski definition) is 3. The first kappa shape index (κ1) is 20.1. The minimum Gasteiger partial charge on any atom is -0.505 e. The Hall–Kier alpha value is -3.22. The van der Waals surface area contributed by atoms with E-state index < -0.39 is 40.4 Å². The maximum Gasteiger partial charge on any atom is 0.329 e. The van der Waals surface area contributed by atoms with Gasteiger partial charge in [0.25, 0.3) is 5.91 Å². The molecule has 0 spiro atoms. The SMILES string of the molecule is O=C(NCS(F)(F)F)c1nc2c(cc1O)N1CCC(C1)N2C(=O)Nc1ccccn1. The van der Waals surface area contributed by atoms with Crippen molar-refractivity contribution in [1.82, 2.24) is 15.3 Å². The Bertz CT molecular complexity index is 991. The van der Waals surface area contributed by atoms with Gasteiger partial charge >= 0.3 is 6.03 Å². The molecule has 4 heterocycles. The van der Waals surface area contributed by atoms with Gasteiger partial charge in [-0.3, -0.25) is 15.0 Å². The zero-order valence-electron chi connectivity index (χ0n) is 15.4. The number of nitrogens with zero attached hydrogens (tertiary/aromatic N) is 4. The summed E-state index contributed by atoms with van der Waals surface area (Å²) >= 11 is -5.45. The number of amides is 3. The van der Waals surface area contributed by atoms with Crippen molar-refractivity contribution in [2.45, 2.75) is 12.5 Å². The van der Waals surface area contributed by atoms with Gasteiger partial charge in [-0.2, -0.15) is 0 Å². The van der Waals surface area contributed by atoms with Crippen molar-refractivity contribution in [3.05, 3.63) is 36.2 Å². The molecular formula is C17H17F3N6O3S.